The van der Waals surface area contributed by atoms with Crippen molar-refractivity contribution in [1.29, 1.82) is 0 Å². The lowest BCUT2D eigenvalue weighted by molar-refractivity contribution is -0.137. The van der Waals surface area contributed by atoms with E-state index in [1.807, 2.05) is 0 Å². The number of aryl methyl sites for hydroxylation is 1. The SMILES string of the molecule is COCC(NC(=O)c1cc(C(F)(F)F)ccc1Cl)c1ccnn1C. The molecule has 1 amide bonds. The van der Waals surface area contributed by atoms with Crippen molar-refractivity contribution in [2.75, 3.05) is 13.7 Å². The van der Waals surface area contributed by atoms with Crippen LogP contribution in [0.15, 0.2) is 30.5 Å². The Morgan fingerprint density at radius 1 is 1.42 bits per heavy atom. The van der Waals surface area contributed by atoms with Crippen LogP contribution in [0, 0.1) is 0 Å². The van der Waals surface area contributed by atoms with Crippen molar-refractivity contribution in [3.63, 3.8) is 0 Å². The molecule has 0 saturated heterocycles. The van der Waals surface area contributed by atoms with Crippen LogP contribution in [0.5, 0.6) is 0 Å². The summed E-state index contributed by atoms with van der Waals surface area (Å²) >= 11 is 5.88. The van der Waals surface area contributed by atoms with Crippen LogP contribution in [-0.4, -0.2) is 29.4 Å². The molecule has 2 aromatic rings. The second-order valence-corrected chi connectivity index (χ2v) is 5.46. The molecule has 9 heteroatoms. The smallest absolute Gasteiger partial charge is 0.382 e. The molecule has 1 unspecified atom stereocenters. The fourth-order valence-corrected chi connectivity index (χ4v) is 2.41. The minimum absolute atomic E-state index is 0.0679. The molecule has 0 spiro atoms. The van der Waals surface area contributed by atoms with Gasteiger partial charge >= 0.3 is 6.18 Å². The molecule has 2 rings (SSSR count). The van der Waals surface area contributed by atoms with Crippen LogP contribution < -0.4 is 5.32 Å². The Bertz CT molecular complexity index is 731. The first-order valence-electron chi connectivity index (χ1n) is 6.88. The number of hydrogen-bond donors (Lipinski definition) is 1. The van der Waals surface area contributed by atoms with Gasteiger partial charge in [-0.15, -0.1) is 0 Å². The van der Waals surface area contributed by atoms with Crippen molar-refractivity contribution in [3.05, 3.63) is 52.3 Å². The standard InChI is InChI=1S/C15H15ClF3N3O2/c1-22-13(5-6-20-22)12(8-24-2)21-14(23)10-7-9(15(17,18)19)3-4-11(10)16/h3-7,12H,8H2,1-2H3,(H,21,23). The molecule has 0 fully saturated rings. The Kier molecular flexibility index (Phi) is 5.51. The topological polar surface area (TPSA) is 56.1 Å². The van der Waals surface area contributed by atoms with E-state index in [2.05, 4.69) is 10.4 Å². The van der Waals surface area contributed by atoms with Crippen molar-refractivity contribution in [2.45, 2.75) is 12.2 Å². The molecule has 1 N–H and O–H groups in total. The number of nitrogens with one attached hydrogen (secondary N) is 1. The summed E-state index contributed by atoms with van der Waals surface area (Å²) in [5.41, 5.74) is -0.552. The van der Waals surface area contributed by atoms with E-state index in [1.165, 1.54) is 11.8 Å². The van der Waals surface area contributed by atoms with E-state index in [9.17, 15) is 18.0 Å². The van der Waals surface area contributed by atoms with Gasteiger partial charge in [0.2, 0.25) is 0 Å². The summed E-state index contributed by atoms with van der Waals surface area (Å²) in [5, 5.41) is 6.55. The molecule has 0 bridgehead atoms. The summed E-state index contributed by atoms with van der Waals surface area (Å²) in [5.74, 6) is -0.727. The van der Waals surface area contributed by atoms with Crippen LogP contribution in [0.3, 0.4) is 0 Å². The number of rotatable bonds is 5. The molecule has 5 nitrogen and oxygen atoms in total. The number of alkyl halides is 3. The predicted octanol–water partition coefficient (Wildman–Crippen LogP) is 3.21. The van der Waals surface area contributed by atoms with E-state index in [0.29, 0.717) is 5.69 Å². The Morgan fingerprint density at radius 2 is 2.12 bits per heavy atom. The monoisotopic (exact) mass is 361 g/mol. The normalized spacial score (nSPS) is 12.9. The van der Waals surface area contributed by atoms with Crippen LogP contribution in [0.4, 0.5) is 13.2 Å². The van der Waals surface area contributed by atoms with Gasteiger partial charge in [-0.3, -0.25) is 9.48 Å². The number of carbonyl (C=O) groups excluding carboxylic acids is 1. The number of ether oxygens (including phenoxy) is 1. The Hall–Kier alpha value is -2.06. The van der Waals surface area contributed by atoms with E-state index in [-0.39, 0.29) is 17.2 Å². The highest BCUT2D eigenvalue weighted by molar-refractivity contribution is 6.33. The minimum Gasteiger partial charge on any atom is -0.382 e. The second-order valence-electron chi connectivity index (χ2n) is 5.05. The number of benzene rings is 1. The number of nitrogens with zero attached hydrogens (tertiary/aromatic N) is 2. The summed E-state index contributed by atoms with van der Waals surface area (Å²) in [6.07, 6.45) is -3.02. The Morgan fingerprint density at radius 3 is 2.67 bits per heavy atom. The third-order valence-corrected chi connectivity index (χ3v) is 3.72. The van der Waals surface area contributed by atoms with Gasteiger partial charge in [0.25, 0.3) is 5.91 Å². The molecule has 1 heterocycles. The van der Waals surface area contributed by atoms with Crippen LogP contribution in [0.1, 0.15) is 27.7 Å². The summed E-state index contributed by atoms with van der Waals surface area (Å²) < 4.78 is 45.0. The van der Waals surface area contributed by atoms with Gasteiger partial charge in [-0.25, -0.2) is 0 Å². The summed E-state index contributed by atoms with van der Waals surface area (Å²) in [4.78, 5) is 12.4. The molecule has 1 aromatic carbocycles. The van der Waals surface area contributed by atoms with Gasteiger partial charge in [-0.05, 0) is 24.3 Å². The molecule has 130 valence electrons. The highest BCUT2D eigenvalue weighted by Crippen LogP contribution is 2.32. The molecule has 24 heavy (non-hydrogen) atoms. The van der Waals surface area contributed by atoms with Crippen molar-refractivity contribution in [1.82, 2.24) is 15.1 Å². The molecule has 0 saturated carbocycles. The van der Waals surface area contributed by atoms with Gasteiger partial charge < -0.3 is 10.1 Å². The zero-order valence-corrected chi connectivity index (χ0v) is 13.6. The number of methoxy groups -OCH3 is 1. The molecule has 0 aliphatic heterocycles. The van der Waals surface area contributed by atoms with Crippen LogP contribution in [0.2, 0.25) is 5.02 Å². The Balaban J connectivity index is 2.29. The van der Waals surface area contributed by atoms with Gasteiger partial charge in [0.05, 0.1) is 34.5 Å². The Labute approximate surface area is 141 Å². The van der Waals surface area contributed by atoms with Crippen molar-refractivity contribution < 1.29 is 22.7 Å². The van der Waals surface area contributed by atoms with Gasteiger partial charge in [0.15, 0.2) is 0 Å². The van der Waals surface area contributed by atoms with Crippen LogP contribution in [-0.2, 0) is 18.0 Å². The van der Waals surface area contributed by atoms with Crippen molar-refractivity contribution in [2.24, 2.45) is 7.05 Å². The van der Waals surface area contributed by atoms with E-state index in [4.69, 9.17) is 16.3 Å². The maximum atomic E-state index is 12.8. The lowest BCUT2D eigenvalue weighted by atomic mass is 10.1. The molecule has 1 atom stereocenters. The van der Waals surface area contributed by atoms with Crippen molar-refractivity contribution >= 4 is 17.5 Å². The zero-order valence-electron chi connectivity index (χ0n) is 12.9. The summed E-state index contributed by atoms with van der Waals surface area (Å²) in [7, 11) is 3.13. The average Bonchev–Trinajstić information content (AvgIpc) is 2.92. The number of carbonyl (C=O) groups is 1. The zero-order chi connectivity index (χ0) is 17.9. The molecule has 0 radical (unpaired) electrons. The van der Waals surface area contributed by atoms with Gasteiger partial charge in [0, 0.05) is 20.4 Å². The first kappa shape index (κ1) is 18.3. The fourth-order valence-electron chi connectivity index (χ4n) is 2.21. The van der Waals surface area contributed by atoms with E-state index < -0.39 is 23.7 Å². The van der Waals surface area contributed by atoms with E-state index in [0.717, 1.165) is 18.2 Å². The van der Waals surface area contributed by atoms with Gasteiger partial charge in [0.1, 0.15) is 0 Å². The van der Waals surface area contributed by atoms with Crippen LogP contribution >= 0.6 is 11.6 Å². The number of aromatic nitrogens is 2. The quantitative estimate of drug-likeness (QED) is 0.889. The third-order valence-electron chi connectivity index (χ3n) is 3.39. The third kappa shape index (κ3) is 4.07. The van der Waals surface area contributed by atoms with Crippen molar-refractivity contribution in [3.8, 4) is 0 Å². The number of hydrogen-bond acceptors (Lipinski definition) is 3. The predicted molar refractivity (Wildman–Crippen MR) is 81.7 cm³/mol. The second kappa shape index (κ2) is 7.23. The summed E-state index contributed by atoms with van der Waals surface area (Å²) in [6.45, 7) is 0.127. The lowest BCUT2D eigenvalue weighted by Crippen LogP contribution is -2.33. The molecule has 0 aliphatic rings. The number of halogens is 4. The average molecular weight is 362 g/mol. The first-order valence-corrected chi connectivity index (χ1v) is 7.26. The van der Waals surface area contributed by atoms with Gasteiger partial charge in [-0.2, -0.15) is 18.3 Å². The summed E-state index contributed by atoms with van der Waals surface area (Å²) in [6, 6.07) is 3.70. The van der Waals surface area contributed by atoms with E-state index in [1.54, 1.807) is 19.3 Å². The van der Waals surface area contributed by atoms with Gasteiger partial charge in [-0.1, -0.05) is 11.6 Å². The minimum atomic E-state index is -4.56. The first-order chi connectivity index (χ1) is 11.2. The molecule has 0 aliphatic carbocycles. The highest BCUT2D eigenvalue weighted by atomic mass is 35.5. The largest absolute Gasteiger partial charge is 0.416 e. The fraction of sp³-hybridized carbons (Fsp3) is 0.333. The maximum Gasteiger partial charge on any atom is 0.416 e. The van der Waals surface area contributed by atoms with E-state index >= 15 is 0 Å². The molecular formula is C15H15ClF3N3O2. The molecule has 1 aromatic heterocycles. The lowest BCUT2D eigenvalue weighted by Gasteiger charge is -2.19. The number of amides is 1. The molecular weight excluding hydrogens is 347 g/mol. The highest BCUT2D eigenvalue weighted by Gasteiger charge is 2.32. The van der Waals surface area contributed by atoms with Crippen LogP contribution in [0.25, 0.3) is 0 Å². The maximum absolute atomic E-state index is 12.8.